The van der Waals surface area contributed by atoms with Crippen molar-refractivity contribution < 1.29 is 13.5 Å². The molecule has 0 spiro atoms. The molecule has 0 aromatic heterocycles. The van der Waals surface area contributed by atoms with Gasteiger partial charge in [-0.15, -0.1) is 0 Å². The lowest BCUT2D eigenvalue weighted by molar-refractivity contribution is 0.300. The fourth-order valence-electron chi connectivity index (χ4n) is 1.75. The topological polar surface area (TPSA) is 35.2 Å². The first-order chi connectivity index (χ1) is 9.06. The molecule has 2 nitrogen and oxygen atoms in total. The van der Waals surface area contributed by atoms with Crippen LogP contribution in [0, 0.1) is 11.6 Å². The van der Waals surface area contributed by atoms with Crippen molar-refractivity contribution in [2.75, 3.05) is 0 Å². The Bertz CT molecular complexity index is 553. The van der Waals surface area contributed by atoms with Crippen LogP contribution in [0.15, 0.2) is 42.5 Å². The van der Waals surface area contributed by atoms with E-state index < -0.39 is 0 Å². The first-order valence-corrected chi connectivity index (χ1v) is 5.98. The fourth-order valence-corrected chi connectivity index (χ4v) is 1.75. The van der Waals surface area contributed by atoms with Gasteiger partial charge in [0.05, 0.1) is 0 Å². The summed E-state index contributed by atoms with van der Waals surface area (Å²) in [6.07, 6.45) is 0. The van der Waals surface area contributed by atoms with Gasteiger partial charge >= 0.3 is 0 Å². The highest BCUT2D eigenvalue weighted by atomic mass is 19.1. The smallest absolute Gasteiger partial charge is 0.124 e. The maximum atomic E-state index is 13.2. The van der Waals surface area contributed by atoms with Crippen LogP contribution in [0.3, 0.4) is 0 Å². The van der Waals surface area contributed by atoms with Gasteiger partial charge in [-0.2, -0.15) is 0 Å². The van der Waals surface area contributed by atoms with Gasteiger partial charge in [-0.1, -0.05) is 12.1 Å². The Morgan fingerprint density at radius 3 is 2.32 bits per heavy atom. The number of hydrogen-bond acceptors (Lipinski definition) is 2. The highest BCUT2D eigenvalue weighted by Crippen LogP contribution is 2.25. The quantitative estimate of drug-likeness (QED) is 0.915. The molecule has 0 aliphatic heterocycles. The zero-order chi connectivity index (χ0) is 13.8. The number of nitrogens with two attached hydrogens (primary N) is 1. The third kappa shape index (κ3) is 3.51. The third-order valence-corrected chi connectivity index (χ3v) is 2.77. The lowest BCUT2D eigenvalue weighted by Crippen LogP contribution is -2.08. The SMILES string of the molecule is C[C@@H](N)c1cc(F)ccc1OCc1ccc(F)cc1. The normalized spacial score (nSPS) is 12.2. The van der Waals surface area contributed by atoms with Crippen LogP contribution in [0.1, 0.15) is 24.1 Å². The Kier molecular flexibility index (Phi) is 4.12. The molecule has 0 unspecified atom stereocenters. The highest BCUT2D eigenvalue weighted by molar-refractivity contribution is 5.36. The number of ether oxygens (including phenoxy) is 1. The summed E-state index contributed by atoms with van der Waals surface area (Å²) in [5.74, 6) is -0.0936. The predicted octanol–water partition coefficient (Wildman–Crippen LogP) is 3.56. The van der Waals surface area contributed by atoms with Crippen LogP contribution < -0.4 is 10.5 Å². The maximum absolute atomic E-state index is 13.2. The van der Waals surface area contributed by atoms with E-state index >= 15 is 0 Å². The monoisotopic (exact) mass is 263 g/mol. The Hall–Kier alpha value is -1.94. The van der Waals surface area contributed by atoms with Crippen LogP contribution in [-0.4, -0.2) is 0 Å². The number of rotatable bonds is 4. The van der Waals surface area contributed by atoms with Crippen LogP contribution in [0.25, 0.3) is 0 Å². The standard InChI is InChI=1S/C15H15F2NO/c1-10(18)14-8-13(17)6-7-15(14)19-9-11-2-4-12(16)5-3-11/h2-8,10H,9,18H2,1H3/t10-/m1/s1. The molecule has 0 heterocycles. The maximum Gasteiger partial charge on any atom is 0.124 e. The minimum atomic E-state index is -0.346. The van der Waals surface area contributed by atoms with Crippen molar-refractivity contribution in [3.05, 3.63) is 65.2 Å². The molecule has 2 N–H and O–H groups in total. The van der Waals surface area contributed by atoms with Crippen molar-refractivity contribution in [2.24, 2.45) is 5.73 Å². The van der Waals surface area contributed by atoms with E-state index in [-0.39, 0.29) is 24.3 Å². The van der Waals surface area contributed by atoms with Crippen molar-refractivity contribution in [1.29, 1.82) is 0 Å². The van der Waals surface area contributed by atoms with Gasteiger partial charge in [0.1, 0.15) is 24.0 Å². The Balaban J connectivity index is 2.13. The highest BCUT2D eigenvalue weighted by Gasteiger charge is 2.09. The van der Waals surface area contributed by atoms with Gasteiger partial charge < -0.3 is 10.5 Å². The molecule has 0 saturated heterocycles. The molecule has 2 aromatic rings. The van der Waals surface area contributed by atoms with Crippen LogP contribution in [0.5, 0.6) is 5.75 Å². The average Bonchev–Trinajstić information content (AvgIpc) is 2.39. The predicted molar refractivity (Wildman–Crippen MR) is 69.7 cm³/mol. The Morgan fingerprint density at radius 2 is 1.68 bits per heavy atom. The average molecular weight is 263 g/mol. The summed E-state index contributed by atoms with van der Waals surface area (Å²) < 4.78 is 31.5. The van der Waals surface area contributed by atoms with Gasteiger partial charge in [-0.25, -0.2) is 8.78 Å². The molecular formula is C15H15F2NO. The molecular weight excluding hydrogens is 248 g/mol. The van der Waals surface area contributed by atoms with E-state index in [0.717, 1.165) is 5.56 Å². The van der Waals surface area contributed by atoms with Crippen LogP contribution in [-0.2, 0) is 6.61 Å². The summed E-state index contributed by atoms with van der Waals surface area (Å²) in [6, 6.07) is 9.95. The molecule has 0 amide bonds. The summed E-state index contributed by atoms with van der Waals surface area (Å²) in [7, 11) is 0. The molecule has 1 atom stereocenters. The lowest BCUT2D eigenvalue weighted by atomic mass is 10.1. The van der Waals surface area contributed by atoms with Crippen molar-refractivity contribution in [2.45, 2.75) is 19.6 Å². The summed E-state index contributed by atoms with van der Waals surface area (Å²) >= 11 is 0. The van der Waals surface area contributed by atoms with Gasteiger partial charge in [0.25, 0.3) is 0 Å². The molecule has 2 aromatic carbocycles. The zero-order valence-electron chi connectivity index (χ0n) is 10.6. The second-order valence-corrected chi connectivity index (χ2v) is 4.39. The third-order valence-electron chi connectivity index (χ3n) is 2.77. The van der Waals surface area contributed by atoms with E-state index in [9.17, 15) is 8.78 Å². The van der Waals surface area contributed by atoms with E-state index in [1.165, 1.54) is 24.3 Å². The summed E-state index contributed by atoms with van der Waals surface area (Å²) in [5.41, 5.74) is 7.22. The van der Waals surface area contributed by atoms with Crippen molar-refractivity contribution in [3.63, 3.8) is 0 Å². The van der Waals surface area contributed by atoms with Gasteiger partial charge in [0.2, 0.25) is 0 Å². The fraction of sp³-hybridized carbons (Fsp3) is 0.200. The Morgan fingerprint density at radius 1 is 1.05 bits per heavy atom. The number of halogens is 2. The molecule has 19 heavy (non-hydrogen) atoms. The van der Waals surface area contributed by atoms with Crippen molar-refractivity contribution in [3.8, 4) is 5.75 Å². The minimum absolute atomic E-state index is 0.283. The molecule has 2 rings (SSSR count). The first kappa shape index (κ1) is 13.5. The lowest BCUT2D eigenvalue weighted by Gasteiger charge is -2.14. The van der Waals surface area contributed by atoms with E-state index in [0.29, 0.717) is 11.3 Å². The van der Waals surface area contributed by atoms with Crippen LogP contribution >= 0.6 is 0 Å². The van der Waals surface area contributed by atoms with Gasteiger partial charge in [0, 0.05) is 11.6 Å². The molecule has 0 saturated carbocycles. The summed E-state index contributed by atoms with van der Waals surface area (Å²) in [5, 5.41) is 0. The summed E-state index contributed by atoms with van der Waals surface area (Å²) in [6.45, 7) is 2.05. The molecule has 0 aliphatic carbocycles. The zero-order valence-corrected chi connectivity index (χ0v) is 10.6. The summed E-state index contributed by atoms with van der Waals surface area (Å²) in [4.78, 5) is 0. The molecule has 4 heteroatoms. The van der Waals surface area contributed by atoms with Gasteiger partial charge in [-0.05, 0) is 42.8 Å². The molecule has 100 valence electrons. The first-order valence-electron chi connectivity index (χ1n) is 5.98. The molecule has 0 aliphatic rings. The van der Waals surface area contributed by atoms with E-state index in [4.69, 9.17) is 10.5 Å². The molecule has 0 bridgehead atoms. The number of benzene rings is 2. The van der Waals surface area contributed by atoms with E-state index in [1.807, 2.05) is 0 Å². The van der Waals surface area contributed by atoms with E-state index in [2.05, 4.69) is 0 Å². The second kappa shape index (κ2) is 5.80. The van der Waals surface area contributed by atoms with Crippen molar-refractivity contribution >= 4 is 0 Å². The largest absolute Gasteiger partial charge is 0.489 e. The molecule has 0 radical (unpaired) electrons. The minimum Gasteiger partial charge on any atom is -0.489 e. The van der Waals surface area contributed by atoms with Crippen LogP contribution in [0.4, 0.5) is 8.78 Å². The van der Waals surface area contributed by atoms with Crippen molar-refractivity contribution in [1.82, 2.24) is 0 Å². The number of hydrogen-bond donors (Lipinski definition) is 1. The van der Waals surface area contributed by atoms with Crippen LogP contribution in [0.2, 0.25) is 0 Å². The second-order valence-electron chi connectivity index (χ2n) is 4.39. The Labute approximate surface area is 110 Å². The van der Waals surface area contributed by atoms with Gasteiger partial charge in [-0.3, -0.25) is 0 Å². The van der Waals surface area contributed by atoms with E-state index in [1.54, 1.807) is 25.1 Å². The molecule has 0 fully saturated rings. The van der Waals surface area contributed by atoms with Gasteiger partial charge in [0.15, 0.2) is 0 Å².